The van der Waals surface area contributed by atoms with Crippen LogP contribution >= 0.6 is 0 Å². The summed E-state index contributed by atoms with van der Waals surface area (Å²) in [6.07, 6.45) is 3.71. The second kappa shape index (κ2) is 4.18. The Morgan fingerprint density at radius 2 is 2.00 bits per heavy atom. The first-order chi connectivity index (χ1) is 7.89. The van der Waals surface area contributed by atoms with Crippen molar-refractivity contribution in [2.45, 2.75) is 45.1 Å². The number of rotatable bonds is 3. The molecule has 1 aliphatic carbocycles. The van der Waals surface area contributed by atoms with Crippen LogP contribution in [0.3, 0.4) is 0 Å². The fraction of sp³-hybridized carbons (Fsp3) is 0.818. The Labute approximate surface area is 101 Å². The van der Waals surface area contributed by atoms with Gasteiger partial charge in [0.2, 0.25) is 11.9 Å². The van der Waals surface area contributed by atoms with Crippen molar-refractivity contribution >= 4 is 11.9 Å². The van der Waals surface area contributed by atoms with Gasteiger partial charge in [-0.2, -0.15) is 4.98 Å². The highest BCUT2D eigenvalue weighted by molar-refractivity contribution is 5.30. The molecule has 1 heterocycles. The molecule has 17 heavy (non-hydrogen) atoms. The molecule has 6 nitrogen and oxygen atoms in total. The van der Waals surface area contributed by atoms with E-state index in [2.05, 4.69) is 34.3 Å². The summed E-state index contributed by atoms with van der Waals surface area (Å²) in [6, 6.07) is 0. The van der Waals surface area contributed by atoms with E-state index in [9.17, 15) is 5.11 Å². The van der Waals surface area contributed by atoms with Crippen LogP contribution in [0.2, 0.25) is 0 Å². The normalized spacial score (nSPS) is 22.3. The van der Waals surface area contributed by atoms with Crippen LogP contribution in [0.4, 0.5) is 11.9 Å². The van der Waals surface area contributed by atoms with Gasteiger partial charge in [0.05, 0.1) is 5.60 Å². The number of nitrogens with one attached hydrogen (secondary N) is 2. The van der Waals surface area contributed by atoms with Crippen molar-refractivity contribution in [3.05, 3.63) is 0 Å². The summed E-state index contributed by atoms with van der Waals surface area (Å²) in [6.45, 7) is 4.96. The van der Waals surface area contributed by atoms with Crippen LogP contribution in [0.25, 0.3) is 0 Å². The van der Waals surface area contributed by atoms with Crippen molar-refractivity contribution in [2.24, 2.45) is 5.41 Å². The van der Waals surface area contributed by atoms with E-state index in [1.807, 2.05) is 0 Å². The first-order valence-electron chi connectivity index (χ1n) is 6.03. The molecule has 0 amide bonds. The molecular weight excluding hydrogens is 218 g/mol. The molecule has 5 N–H and O–H groups in total. The summed E-state index contributed by atoms with van der Waals surface area (Å²) in [5.74, 6) is 0.727. The van der Waals surface area contributed by atoms with Crippen LogP contribution in [0.15, 0.2) is 0 Å². The number of aromatic nitrogens is 3. The maximum absolute atomic E-state index is 10.4. The third-order valence-corrected chi connectivity index (χ3v) is 3.61. The molecule has 1 aliphatic rings. The summed E-state index contributed by atoms with van der Waals surface area (Å²) in [4.78, 5) is 3.94. The minimum Gasteiger partial charge on any atom is -0.388 e. The number of aliphatic hydroxyl groups is 1. The number of aromatic amines is 1. The molecule has 96 valence electrons. The minimum absolute atomic E-state index is 0.282. The molecule has 0 atom stereocenters. The Hall–Kier alpha value is -1.30. The number of anilines is 2. The van der Waals surface area contributed by atoms with Gasteiger partial charge in [0.15, 0.2) is 0 Å². The van der Waals surface area contributed by atoms with E-state index in [-0.39, 0.29) is 5.95 Å². The van der Waals surface area contributed by atoms with E-state index in [0.717, 1.165) is 25.7 Å². The highest BCUT2D eigenvalue weighted by Crippen LogP contribution is 2.40. The molecule has 6 heteroatoms. The highest BCUT2D eigenvalue weighted by atomic mass is 16.3. The van der Waals surface area contributed by atoms with Crippen LogP contribution in [0.5, 0.6) is 0 Å². The molecule has 0 bridgehead atoms. The van der Waals surface area contributed by atoms with Crippen molar-refractivity contribution in [1.82, 2.24) is 15.2 Å². The molecule has 0 spiro atoms. The van der Waals surface area contributed by atoms with Crippen molar-refractivity contribution < 1.29 is 5.11 Å². The predicted molar refractivity (Wildman–Crippen MR) is 66.5 cm³/mol. The number of nitrogens with zero attached hydrogens (tertiary/aromatic N) is 2. The van der Waals surface area contributed by atoms with Gasteiger partial charge >= 0.3 is 0 Å². The SMILES string of the molecule is CC1(C)CCC(O)(CNc2n[nH]c(N)n2)CC1. The predicted octanol–water partition coefficient (Wildman–Crippen LogP) is 1.13. The molecule has 1 aromatic rings. The first kappa shape index (κ1) is 12.2. The fourth-order valence-corrected chi connectivity index (χ4v) is 2.17. The van der Waals surface area contributed by atoms with Crippen LogP contribution in [0.1, 0.15) is 39.5 Å². The summed E-state index contributed by atoms with van der Waals surface area (Å²) in [5, 5.41) is 19.9. The van der Waals surface area contributed by atoms with Gasteiger partial charge in [0.1, 0.15) is 0 Å². The third kappa shape index (κ3) is 3.09. The van der Waals surface area contributed by atoms with E-state index in [4.69, 9.17) is 5.73 Å². The second-order valence-electron chi connectivity index (χ2n) is 5.79. The molecule has 0 aliphatic heterocycles. The summed E-state index contributed by atoms with van der Waals surface area (Å²) < 4.78 is 0. The molecule has 2 rings (SSSR count). The molecule has 0 unspecified atom stereocenters. The second-order valence-corrected chi connectivity index (χ2v) is 5.79. The number of nitrogen functional groups attached to an aromatic ring is 1. The Balaban J connectivity index is 1.87. The van der Waals surface area contributed by atoms with E-state index >= 15 is 0 Å². The quantitative estimate of drug-likeness (QED) is 0.633. The zero-order valence-electron chi connectivity index (χ0n) is 10.5. The van der Waals surface area contributed by atoms with Gasteiger partial charge in [-0.25, -0.2) is 5.10 Å². The molecule has 0 aromatic carbocycles. The third-order valence-electron chi connectivity index (χ3n) is 3.61. The topological polar surface area (TPSA) is 99.8 Å². The zero-order valence-corrected chi connectivity index (χ0v) is 10.5. The van der Waals surface area contributed by atoms with Crippen LogP contribution < -0.4 is 11.1 Å². The average Bonchev–Trinajstić information content (AvgIpc) is 2.67. The first-order valence-corrected chi connectivity index (χ1v) is 6.03. The maximum atomic E-state index is 10.4. The fourth-order valence-electron chi connectivity index (χ4n) is 2.17. The molecule has 1 aromatic heterocycles. The largest absolute Gasteiger partial charge is 0.388 e. The Kier molecular flexibility index (Phi) is 2.99. The van der Waals surface area contributed by atoms with Gasteiger partial charge in [0.25, 0.3) is 0 Å². The highest BCUT2D eigenvalue weighted by Gasteiger charge is 2.36. The number of nitrogens with two attached hydrogens (primary N) is 1. The van der Waals surface area contributed by atoms with E-state index < -0.39 is 5.60 Å². The summed E-state index contributed by atoms with van der Waals surface area (Å²) in [7, 11) is 0. The van der Waals surface area contributed by atoms with Crippen molar-refractivity contribution in [3.8, 4) is 0 Å². The minimum atomic E-state index is -0.648. The number of hydrogen-bond acceptors (Lipinski definition) is 5. The monoisotopic (exact) mass is 239 g/mol. The van der Waals surface area contributed by atoms with Gasteiger partial charge < -0.3 is 16.2 Å². The standard InChI is InChI=1S/C11H21N5O/c1-10(2)3-5-11(17,6-4-10)7-13-9-14-8(12)15-16-9/h17H,3-7H2,1-2H3,(H4,12,13,14,15,16). The average molecular weight is 239 g/mol. The van der Waals surface area contributed by atoms with Gasteiger partial charge in [-0.15, -0.1) is 5.10 Å². The van der Waals surface area contributed by atoms with Crippen molar-refractivity contribution in [3.63, 3.8) is 0 Å². The van der Waals surface area contributed by atoms with Gasteiger partial charge in [-0.3, -0.25) is 0 Å². The lowest BCUT2D eigenvalue weighted by molar-refractivity contribution is -0.0146. The van der Waals surface area contributed by atoms with Crippen LogP contribution in [-0.4, -0.2) is 32.4 Å². The van der Waals surface area contributed by atoms with E-state index in [1.165, 1.54) is 0 Å². The molecule has 0 saturated heterocycles. The Morgan fingerprint density at radius 3 is 2.53 bits per heavy atom. The van der Waals surface area contributed by atoms with Crippen molar-refractivity contribution in [1.29, 1.82) is 0 Å². The maximum Gasteiger partial charge on any atom is 0.243 e. The number of H-pyrrole nitrogens is 1. The number of hydrogen-bond donors (Lipinski definition) is 4. The van der Waals surface area contributed by atoms with Gasteiger partial charge in [-0.05, 0) is 31.1 Å². The van der Waals surface area contributed by atoms with Crippen LogP contribution in [0, 0.1) is 5.41 Å². The van der Waals surface area contributed by atoms with Gasteiger partial charge in [-0.1, -0.05) is 13.8 Å². The lowest BCUT2D eigenvalue weighted by atomic mass is 9.71. The zero-order chi connectivity index (χ0) is 12.5. The molecule has 0 radical (unpaired) electrons. The van der Waals surface area contributed by atoms with Gasteiger partial charge in [0, 0.05) is 6.54 Å². The molecular formula is C11H21N5O. The lowest BCUT2D eigenvalue weighted by Gasteiger charge is -2.40. The molecule has 1 fully saturated rings. The Morgan fingerprint density at radius 1 is 1.35 bits per heavy atom. The van der Waals surface area contributed by atoms with E-state index in [0.29, 0.717) is 17.9 Å². The summed E-state index contributed by atoms with van der Waals surface area (Å²) in [5.41, 5.74) is 5.12. The molecule has 1 saturated carbocycles. The van der Waals surface area contributed by atoms with E-state index in [1.54, 1.807) is 0 Å². The summed E-state index contributed by atoms with van der Waals surface area (Å²) >= 11 is 0. The van der Waals surface area contributed by atoms with Crippen molar-refractivity contribution in [2.75, 3.05) is 17.6 Å². The Bertz CT molecular complexity index is 377. The smallest absolute Gasteiger partial charge is 0.243 e. The van der Waals surface area contributed by atoms with Crippen LogP contribution in [-0.2, 0) is 0 Å². The lowest BCUT2D eigenvalue weighted by Crippen LogP contribution is -2.42.